The lowest BCUT2D eigenvalue weighted by Crippen LogP contribution is -2.25. The van der Waals surface area contributed by atoms with Gasteiger partial charge in [-0.1, -0.05) is 30.1 Å². The Balaban J connectivity index is 1.56. The number of halogens is 8. The third-order valence-corrected chi connectivity index (χ3v) is 7.14. The minimum atomic E-state index is -4.71. The summed E-state index contributed by atoms with van der Waals surface area (Å²) >= 11 is 11.8. The lowest BCUT2D eigenvalue weighted by Gasteiger charge is -2.17. The number of nitro groups is 2. The molecule has 0 N–H and O–H groups in total. The molecular formula is C31H18Cl2F6N2O10. The Kier molecular flexibility index (Phi) is 11.3. The number of nitro benzene ring substituents is 2. The van der Waals surface area contributed by atoms with Crippen LogP contribution in [0.1, 0.15) is 45.2 Å². The zero-order valence-electron chi connectivity index (χ0n) is 25.2. The topological polar surface area (TPSA) is 157 Å². The monoisotopic (exact) mass is 762 g/mol. The maximum absolute atomic E-state index is 13.1. The minimum Gasteiger partial charge on any atom is -0.456 e. The highest BCUT2D eigenvalue weighted by atomic mass is 35.5. The summed E-state index contributed by atoms with van der Waals surface area (Å²) in [4.78, 5) is 47.6. The maximum atomic E-state index is 13.1. The molecule has 0 unspecified atom stereocenters. The fourth-order valence-corrected chi connectivity index (χ4v) is 4.57. The summed E-state index contributed by atoms with van der Waals surface area (Å²) in [5.74, 6) is -4.06. The highest BCUT2D eigenvalue weighted by Crippen LogP contribution is 2.39. The van der Waals surface area contributed by atoms with Crippen molar-refractivity contribution in [2.24, 2.45) is 0 Å². The van der Waals surface area contributed by atoms with Gasteiger partial charge in [-0.25, -0.2) is 9.59 Å². The first kappa shape index (κ1) is 38.2. The number of hydrogen-bond acceptors (Lipinski definition) is 10. The molecule has 4 aromatic carbocycles. The SMILES string of the molecule is CCC(OC(=O)c1cc(Oc2ccc(C(F)(F)F)cc2Cl)ccc1[N+](=O)[O-])OC(=O)c1cc(Oc2ccc(C(F)(F)F)cc2Cl)ccc1[N+](=O)[O-]. The summed E-state index contributed by atoms with van der Waals surface area (Å²) in [6.07, 6.45) is -11.5. The number of ether oxygens (including phenoxy) is 4. The quantitative estimate of drug-likeness (QED) is 0.0473. The molecule has 12 nitrogen and oxygen atoms in total. The van der Waals surface area contributed by atoms with Crippen molar-refractivity contribution in [3.8, 4) is 23.0 Å². The molecule has 0 amide bonds. The average Bonchev–Trinajstić information content (AvgIpc) is 3.04. The number of carbonyl (C=O) groups is 2. The molecule has 51 heavy (non-hydrogen) atoms. The van der Waals surface area contributed by atoms with Crippen LogP contribution in [0.5, 0.6) is 23.0 Å². The first-order valence-corrected chi connectivity index (χ1v) is 14.6. The van der Waals surface area contributed by atoms with Gasteiger partial charge in [-0.3, -0.25) is 20.2 Å². The summed E-state index contributed by atoms with van der Waals surface area (Å²) in [6, 6.07) is 9.59. The Morgan fingerprint density at radius 1 is 0.667 bits per heavy atom. The fourth-order valence-electron chi connectivity index (χ4n) is 4.13. The Morgan fingerprint density at radius 3 is 1.33 bits per heavy atom. The van der Waals surface area contributed by atoms with Crippen LogP contribution < -0.4 is 9.47 Å². The van der Waals surface area contributed by atoms with E-state index in [1.807, 2.05) is 0 Å². The number of benzene rings is 4. The minimum absolute atomic E-state index is 0.284. The van der Waals surface area contributed by atoms with Crippen molar-refractivity contribution in [3.05, 3.63) is 125 Å². The molecule has 4 rings (SSSR count). The van der Waals surface area contributed by atoms with Crippen LogP contribution in [0.4, 0.5) is 37.7 Å². The lowest BCUT2D eigenvalue weighted by molar-refractivity contribution is -0.385. The predicted octanol–water partition coefficient (Wildman–Crippen LogP) is 10.2. The summed E-state index contributed by atoms with van der Waals surface area (Å²) in [5, 5.41) is 22.4. The molecule has 0 atom stereocenters. The maximum Gasteiger partial charge on any atom is 0.416 e. The number of rotatable bonds is 11. The molecular weight excluding hydrogens is 745 g/mol. The predicted molar refractivity (Wildman–Crippen MR) is 164 cm³/mol. The van der Waals surface area contributed by atoms with E-state index in [0.717, 1.165) is 48.5 Å². The van der Waals surface area contributed by atoms with Gasteiger partial charge in [0.25, 0.3) is 11.4 Å². The van der Waals surface area contributed by atoms with Gasteiger partial charge >= 0.3 is 24.3 Å². The first-order valence-electron chi connectivity index (χ1n) is 13.9. The number of carbonyl (C=O) groups excluding carboxylic acids is 2. The molecule has 0 saturated carbocycles. The second-order valence-electron chi connectivity index (χ2n) is 10.0. The van der Waals surface area contributed by atoms with Gasteiger partial charge in [-0.05, 0) is 48.5 Å². The van der Waals surface area contributed by atoms with Gasteiger partial charge in [0.2, 0.25) is 6.29 Å². The Bertz CT molecular complexity index is 1880. The molecule has 0 aliphatic carbocycles. The highest BCUT2D eigenvalue weighted by Gasteiger charge is 2.33. The Morgan fingerprint density at radius 2 is 1.04 bits per heavy atom. The molecule has 0 aliphatic heterocycles. The van der Waals surface area contributed by atoms with Crippen LogP contribution in [0.3, 0.4) is 0 Å². The molecule has 0 aliphatic rings. The van der Waals surface area contributed by atoms with E-state index in [9.17, 15) is 56.2 Å². The van der Waals surface area contributed by atoms with Crippen molar-refractivity contribution in [1.82, 2.24) is 0 Å². The summed E-state index contributed by atoms with van der Waals surface area (Å²) in [5.41, 5.74) is -5.28. The van der Waals surface area contributed by atoms with Gasteiger partial charge in [0.1, 0.15) is 34.1 Å². The van der Waals surface area contributed by atoms with Gasteiger partial charge in [-0.2, -0.15) is 26.3 Å². The van der Waals surface area contributed by atoms with E-state index in [2.05, 4.69) is 0 Å². The van der Waals surface area contributed by atoms with Crippen LogP contribution in [0.15, 0.2) is 72.8 Å². The second kappa shape index (κ2) is 15.1. The van der Waals surface area contributed by atoms with Gasteiger partial charge in [0.15, 0.2) is 0 Å². The molecule has 0 heterocycles. The number of hydrogen-bond donors (Lipinski definition) is 0. The normalized spacial score (nSPS) is 11.6. The molecule has 4 aromatic rings. The van der Waals surface area contributed by atoms with Crippen molar-refractivity contribution in [1.29, 1.82) is 0 Å². The lowest BCUT2D eigenvalue weighted by atomic mass is 10.1. The van der Waals surface area contributed by atoms with Crippen molar-refractivity contribution in [2.45, 2.75) is 32.0 Å². The van der Waals surface area contributed by atoms with E-state index in [4.69, 9.17) is 42.1 Å². The van der Waals surface area contributed by atoms with Crippen molar-refractivity contribution < 1.29 is 64.7 Å². The number of nitrogens with zero attached hydrogens (tertiary/aromatic N) is 2. The fraction of sp³-hybridized carbons (Fsp3) is 0.161. The van der Waals surface area contributed by atoms with Gasteiger partial charge in [0, 0.05) is 30.7 Å². The molecule has 0 saturated heterocycles. The summed E-state index contributed by atoms with van der Waals surface area (Å²) in [7, 11) is 0. The van der Waals surface area contributed by atoms with E-state index >= 15 is 0 Å². The van der Waals surface area contributed by atoms with E-state index in [0.29, 0.717) is 24.3 Å². The zero-order chi connectivity index (χ0) is 37.8. The zero-order valence-corrected chi connectivity index (χ0v) is 26.7. The largest absolute Gasteiger partial charge is 0.456 e. The van der Waals surface area contributed by atoms with Crippen LogP contribution in [0, 0.1) is 20.2 Å². The first-order chi connectivity index (χ1) is 23.8. The van der Waals surface area contributed by atoms with Gasteiger partial charge < -0.3 is 18.9 Å². The third kappa shape index (κ3) is 9.34. The molecule has 0 fully saturated rings. The van der Waals surface area contributed by atoms with Crippen molar-refractivity contribution in [2.75, 3.05) is 0 Å². The molecule has 0 spiro atoms. The summed E-state index contributed by atoms with van der Waals surface area (Å²) in [6.45, 7) is 1.35. The van der Waals surface area contributed by atoms with E-state index in [1.54, 1.807) is 0 Å². The molecule has 0 bridgehead atoms. The van der Waals surface area contributed by atoms with Gasteiger partial charge in [0.05, 0.1) is 31.0 Å². The van der Waals surface area contributed by atoms with E-state index in [1.165, 1.54) is 6.92 Å². The van der Waals surface area contributed by atoms with Crippen LogP contribution in [-0.4, -0.2) is 28.1 Å². The number of alkyl halides is 6. The second-order valence-corrected chi connectivity index (χ2v) is 10.8. The smallest absolute Gasteiger partial charge is 0.416 e. The van der Waals surface area contributed by atoms with Crippen LogP contribution in [0.2, 0.25) is 10.0 Å². The van der Waals surface area contributed by atoms with Crippen molar-refractivity contribution >= 4 is 46.5 Å². The number of esters is 2. The van der Waals surface area contributed by atoms with E-state index < -0.39 is 84.1 Å². The van der Waals surface area contributed by atoms with Crippen LogP contribution in [-0.2, 0) is 21.8 Å². The molecule has 0 aromatic heterocycles. The van der Waals surface area contributed by atoms with Crippen LogP contribution in [0.25, 0.3) is 0 Å². The summed E-state index contributed by atoms with van der Waals surface area (Å²) < 4.78 is 99.0. The standard InChI is InChI=1S/C31H18Cl2F6N2O10/c1-2-27(50-28(42)19-13-17(5-7-23(19)40(44)45)48-25-9-3-15(11-21(25)32)30(34,35)36)51-29(43)20-14-18(6-8-24(20)41(46)47)49-26-10-4-16(12-22(26)33)31(37,38)39/h3-14,27H,2H2,1H3. The molecule has 268 valence electrons. The molecule has 20 heteroatoms. The Hall–Kier alpha value is -5.62. The van der Waals surface area contributed by atoms with E-state index in [-0.39, 0.29) is 29.4 Å². The van der Waals surface area contributed by atoms with Crippen LogP contribution >= 0.6 is 23.2 Å². The third-order valence-electron chi connectivity index (χ3n) is 6.55. The molecule has 0 radical (unpaired) electrons. The Labute approximate surface area is 291 Å². The van der Waals surface area contributed by atoms with Crippen molar-refractivity contribution in [3.63, 3.8) is 0 Å². The van der Waals surface area contributed by atoms with Gasteiger partial charge in [-0.15, -0.1) is 0 Å². The average molecular weight is 763 g/mol. The highest BCUT2D eigenvalue weighted by molar-refractivity contribution is 6.32.